The van der Waals surface area contributed by atoms with Crippen molar-refractivity contribution >= 4 is 12.0 Å². The molecule has 1 aromatic carbocycles. The van der Waals surface area contributed by atoms with Crippen LogP contribution in [0.3, 0.4) is 0 Å². The van der Waals surface area contributed by atoms with Gasteiger partial charge in [0, 0.05) is 39.0 Å². The van der Waals surface area contributed by atoms with Crippen LogP contribution in [0.2, 0.25) is 0 Å². The van der Waals surface area contributed by atoms with Crippen LogP contribution in [0.4, 0.5) is 0 Å². The van der Waals surface area contributed by atoms with Crippen molar-refractivity contribution in [2.24, 2.45) is 14.1 Å². The molecular weight excluding hydrogens is 330 g/mol. The summed E-state index contributed by atoms with van der Waals surface area (Å²) in [4.78, 5) is 38.4. The first-order valence-electron chi connectivity index (χ1n) is 8.64. The highest BCUT2D eigenvalue weighted by molar-refractivity contribution is 5.91. The Hall–Kier alpha value is -2.89. The highest BCUT2D eigenvalue weighted by Gasteiger charge is 2.17. The lowest BCUT2D eigenvalue weighted by atomic mass is 10.1. The van der Waals surface area contributed by atoms with Crippen LogP contribution in [0, 0.1) is 0 Å². The molecule has 6 nitrogen and oxygen atoms in total. The lowest BCUT2D eigenvalue weighted by molar-refractivity contribution is -0.128. The molecule has 2 aromatic rings. The molecule has 0 aliphatic carbocycles. The Bertz CT molecular complexity index is 910. The Morgan fingerprint density at radius 2 is 1.85 bits per heavy atom. The van der Waals surface area contributed by atoms with E-state index in [1.165, 1.54) is 30.0 Å². The third kappa shape index (κ3) is 4.39. The van der Waals surface area contributed by atoms with E-state index in [9.17, 15) is 14.4 Å². The number of rotatable bonds is 6. The molecule has 0 spiro atoms. The number of benzene rings is 1. The first-order valence-corrected chi connectivity index (χ1v) is 8.64. The minimum absolute atomic E-state index is 0.0651. The summed E-state index contributed by atoms with van der Waals surface area (Å²) in [7, 11) is 2.99. The minimum atomic E-state index is -0.421. The van der Waals surface area contributed by atoms with Gasteiger partial charge in [0.15, 0.2) is 0 Å². The zero-order valence-electron chi connectivity index (χ0n) is 15.7. The van der Waals surface area contributed by atoms with E-state index in [1.54, 1.807) is 11.9 Å². The van der Waals surface area contributed by atoms with Crippen molar-refractivity contribution in [2.45, 2.75) is 32.9 Å². The second-order valence-electron chi connectivity index (χ2n) is 6.38. The molecule has 1 aromatic heterocycles. The third-order valence-electron chi connectivity index (χ3n) is 4.48. The fourth-order valence-corrected chi connectivity index (χ4v) is 2.66. The Kier molecular flexibility index (Phi) is 6.33. The van der Waals surface area contributed by atoms with E-state index < -0.39 is 11.2 Å². The van der Waals surface area contributed by atoms with E-state index in [0.29, 0.717) is 12.1 Å². The van der Waals surface area contributed by atoms with Crippen molar-refractivity contribution < 1.29 is 4.79 Å². The van der Waals surface area contributed by atoms with Crippen molar-refractivity contribution in [1.29, 1.82) is 0 Å². The van der Waals surface area contributed by atoms with Crippen LogP contribution in [-0.2, 0) is 25.4 Å². The van der Waals surface area contributed by atoms with Crippen LogP contribution in [0.1, 0.15) is 31.4 Å². The van der Waals surface area contributed by atoms with Gasteiger partial charge in [-0.2, -0.15) is 0 Å². The number of aromatic nitrogens is 2. The van der Waals surface area contributed by atoms with Crippen molar-refractivity contribution in [3.8, 4) is 0 Å². The van der Waals surface area contributed by atoms with Crippen molar-refractivity contribution in [3.63, 3.8) is 0 Å². The zero-order valence-corrected chi connectivity index (χ0v) is 15.7. The lowest BCUT2D eigenvalue weighted by Gasteiger charge is -2.27. The van der Waals surface area contributed by atoms with Gasteiger partial charge in [-0.05, 0) is 25.0 Å². The number of amides is 1. The number of carbonyl (C=O) groups excluding carboxylic acids is 1. The van der Waals surface area contributed by atoms with Crippen molar-refractivity contribution in [1.82, 2.24) is 14.0 Å². The average molecular weight is 355 g/mol. The zero-order chi connectivity index (χ0) is 19.3. The summed E-state index contributed by atoms with van der Waals surface area (Å²) >= 11 is 0. The molecule has 0 aliphatic heterocycles. The molecule has 1 amide bonds. The van der Waals surface area contributed by atoms with Crippen molar-refractivity contribution in [2.75, 3.05) is 0 Å². The van der Waals surface area contributed by atoms with E-state index in [-0.39, 0.29) is 11.9 Å². The summed E-state index contributed by atoms with van der Waals surface area (Å²) < 4.78 is 2.35. The molecule has 0 aliphatic rings. The Morgan fingerprint density at radius 1 is 1.19 bits per heavy atom. The van der Waals surface area contributed by atoms with Crippen LogP contribution < -0.4 is 11.2 Å². The van der Waals surface area contributed by atoms with Crippen LogP contribution in [0.5, 0.6) is 0 Å². The predicted octanol–water partition coefficient (Wildman–Crippen LogP) is 1.92. The fourth-order valence-electron chi connectivity index (χ4n) is 2.66. The molecular formula is C20H25N3O3. The lowest BCUT2D eigenvalue weighted by Crippen LogP contribution is -2.38. The van der Waals surface area contributed by atoms with Gasteiger partial charge in [-0.15, -0.1) is 0 Å². The van der Waals surface area contributed by atoms with Gasteiger partial charge in [-0.25, -0.2) is 4.79 Å². The van der Waals surface area contributed by atoms with Gasteiger partial charge < -0.3 is 9.47 Å². The summed E-state index contributed by atoms with van der Waals surface area (Å²) in [6, 6.07) is 9.85. The number of aryl methyl sites for hydroxylation is 1. The highest BCUT2D eigenvalue weighted by atomic mass is 16.2. The number of hydrogen-bond donors (Lipinski definition) is 0. The summed E-state index contributed by atoms with van der Waals surface area (Å²) in [5.74, 6) is -0.167. The summed E-state index contributed by atoms with van der Waals surface area (Å²) in [5, 5.41) is 0. The summed E-state index contributed by atoms with van der Waals surface area (Å²) in [6.45, 7) is 4.53. The molecule has 2 rings (SSSR count). The quantitative estimate of drug-likeness (QED) is 0.744. The fraction of sp³-hybridized carbons (Fsp3) is 0.350. The smallest absolute Gasteiger partial charge is 0.330 e. The molecule has 0 saturated carbocycles. The topological polar surface area (TPSA) is 64.3 Å². The molecule has 6 heteroatoms. The average Bonchev–Trinajstić information content (AvgIpc) is 2.66. The SMILES string of the molecule is CCC(C)N(Cc1ccccc1)C(=O)/C=C/c1cn(C)c(=O)n(C)c1=O. The largest absolute Gasteiger partial charge is 0.332 e. The van der Waals surface area contributed by atoms with Gasteiger partial charge in [0.1, 0.15) is 0 Å². The second kappa shape index (κ2) is 8.47. The van der Waals surface area contributed by atoms with Crippen LogP contribution in [-0.4, -0.2) is 26.0 Å². The van der Waals surface area contributed by atoms with Crippen LogP contribution in [0.25, 0.3) is 6.08 Å². The molecule has 0 radical (unpaired) electrons. The first kappa shape index (κ1) is 19.4. The van der Waals surface area contributed by atoms with E-state index in [4.69, 9.17) is 0 Å². The van der Waals surface area contributed by atoms with Crippen molar-refractivity contribution in [3.05, 3.63) is 74.6 Å². The predicted molar refractivity (Wildman–Crippen MR) is 103 cm³/mol. The second-order valence-corrected chi connectivity index (χ2v) is 6.38. The highest BCUT2D eigenvalue weighted by Crippen LogP contribution is 2.12. The standard InChI is InChI=1S/C20H25N3O3/c1-5-15(2)23(13-16-9-7-6-8-10-16)18(24)12-11-17-14-21(3)20(26)22(4)19(17)25/h6-12,14-15H,5,13H2,1-4H3/b12-11+. The van der Waals surface area contributed by atoms with Gasteiger partial charge in [-0.3, -0.25) is 14.2 Å². The molecule has 26 heavy (non-hydrogen) atoms. The van der Waals surface area contributed by atoms with Gasteiger partial charge in [-0.1, -0.05) is 37.3 Å². The van der Waals surface area contributed by atoms with Crippen LogP contribution >= 0.6 is 0 Å². The Balaban J connectivity index is 2.28. The van der Waals surface area contributed by atoms with Gasteiger partial charge in [0.25, 0.3) is 5.56 Å². The molecule has 1 atom stereocenters. The van der Waals surface area contributed by atoms with E-state index in [0.717, 1.165) is 16.6 Å². The molecule has 138 valence electrons. The number of carbonyl (C=O) groups is 1. The molecule has 0 saturated heterocycles. The molecule has 0 bridgehead atoms. The van der Waals surface area contributed by atoms with E-state index in [2.05, 4.69) is 0 Å². The minimum Gasteiger partial charge on any atom is -0.332 e. The van der Waals surface area contributed by atoms with E-state index >= 15 is 0 Å². The Morgan fingerprint density at radius 3 is 2.46 bits per heavy atom. The maximum atomic E-state index is 12.7. The maximum Gasteiger partial charge on any atom is 0.330 e. The molecule has 0 N–H and O–H groups in total. The normalized spacial score (nSPS) is 12.3. The van der Waals surface area contributed by atoms with Crippen LogP contribution in [0.15, 0.2) is 52.2 Å². The number of nitrogens with zero attached hydrogens (tertiary/aromatic N) is 3. The number of hydrogen-bond acceptors (Lipinski definition) is 3. The summed E-state index contributed by atoms with van der Waals surface area (Å²) in [5.41, 5.74) is 0.526. The van der Waals surface area contributed by atoms with E-state index in [1.807, 2.05) is 44.2 Å². The molecule has 1 heterocycles. The van der Waals surface area contributed by atoms with Gasteiger partial charge in [0.05, 0.1) is 5.56 Å². The maximum absolute atomic E-state index is 12.7. The van der Waals surface area contributed by atoms with Gasteiger partial charge >= 0.3 is 5.69 Å². The summed E-state index contributed by atoms with van der Waals surface area (Å²) in [6.07, 6.45) is 5.15. The first-order chi connectivity index (χ1) is 12.3. The monoisotopic (exact) mass is 355 g/mol. The Labute approximate surface area is 153 Å². The third-order valence-corrected chi connectivity index (χ3v) is 4.48. The van der Waals surface area contributed by atoms with Gasteiger partial charge in [0.2, 0.25) is 5.91 Å². The molecule has 0 fully saturated rings. The molecule has 1 unspecified atom stereocenters.